The predicted octanol–water partition coefficient (Wildman–Crippen LogP) is 0.0174. The van der Waals surface area contributed by atoms with Gasteiger partial charge in [-0.1, -0.05) is 0 Å². The number of rotatable bonds is 4. The van der Waals surface area contributed by atoms with Crippen LogP contribution in [0.3, 0.4) is 0 Å². The summed E-state index contributed by atoms with van der Waals surface area (Å²) in [6.07, 6.45) is 2.25. The van der Waals surface area contributed by atoms with Crippen molar-refractivity contribution in [2.24, 2.45) is 11.3 Å². The second kappa shape index (κ2) is 4.92. The van der Waals surface area contributed by atoms with Gasteiger partial charge in [-0.25, -0.2) is 0 Å². The van der Waals surface area contributed by atoms with Crippen LogP contribution in [-0.2, 0) is 9.53 Å². The monoisotopic (exact) mass is 242 g/mol. The number of carbonyl (C=O) groups is 1. The molecule has 2 aliphatic heterocycles. The number of likely N-dealkylation sites (tertiary alicyclic amines) is 1. The van der Waals surface area contributed by atoms with Gasteiger partial charge in [0.15, 0.2) is 0 Å². The van der Waals surface area contributed by atoms with Crippen LogP contribution in [0.1, 0.15) is 12.8 Å². The normalized spacial score (nSPS) is 30.6. The van der Waals surface area contributed by atoms with E-state index < -0.39 is 11.4 Å². The van der Waals surface area contributed by atoms with E-state index in [2.05, 4.69) is 17.3 Å². The third-order valence-electron chi connectivity index (χ3n) is 4.18. The summed E-state index contributed by atoms with van der Waals surface area (Å²) in [4.78, 5) is 13.8. The quantitative estimate of drug-likeness (QED) is 0.727. The van der Waals surface area contributed by atoms with Gasteiger partial charge in [0.05, 0.1) is 13.2 Å². The average Bonchev–Trinajstić information content (AvgIpc) is 2.22. The lowest BCUT2D eigenvalue weighted by atomic mass is 9.70. The van der Waals surface area contributed by atoms with Crippen molar-refractivity contribution in [2.45, 2.75) is 18.9 Å². The number of piperidine rings is 1. The van der Waals surface area contributed by atoms with Crippen LogP contribution in [0, 0.1) is 11.3 Å². The highest BCUT2D eigenvalue weighted by molar-refractivity contribution is 5.77. The molecule has 2 saturated heterocycles. The van der Waals surface area contributed by atoms with Crippen molar-refractivity contribution in [2.75, 3.05) is 40.4 Å². The maximum Gasteiger partial charge on any atom is 0.315 e. The second-order valence-corrected chi connectivity index (χ2v) is 5.38. The summed E-state index contributed by atoms with van der Waals surface area (Å²) < 4.78 is 5.17. The molecule has 0 radical (unpaired) electrons. The van der Waals surface area contributed by atoms with E-state index in [4.69, 9.17) is 4.74 Å². The van der Waals surface area contributed by atoms with Gasteiger partial charge in [-0.3, -0.25) is 4.79 Å². The zero-order chi connectivity index (χ0) is 12.5. The van der Waals surface area contributed by atoms with E-state index in [1.54, 1.807) is 0 Å². The van der Waals surface area contributed by atoms with Crippen molar-refractivity contribution >= 4 is 5.97 Å². The Morgan fingerprint density at radius 1 is 1.59 bits per heavy atom. The number of hydrogen-bond acceptors (Lipinski definition) is 4. The summed E-state index contributed by atoms with van der Waals surface area (Å²) in [7, 11) is 3.96. The van der Waals surface area contributed by atoms with Gasteiger partial charge < -0.3 is 20.1 Å². The van der Waals surface area contributed by atoms with Gasteiger partial charge in [-0.2, -0.15) is 0 Å². The van der Waals surface area contributed by atoms with Crippen molar-refractivity contribution in [3.63, 3.8) is 0 Å². The molecular weight excluding hydrogens is 220 g/mol. The van der Waals surface area contributed by atoms with E-state index in [0.29, 0.717) is 19.1 Å². The lowest BCUT2D eigenvalue weighted by Crippen LogP contribution is -2.64. The Balaban J connectivity index is 2.11. The van der Waals surface area contributed by atoms with Crippen LogP contribution >= 0.6 is 0 Å². The molecule has 0 aromatic rings. The van der Waals surface area contributed by atoms with E-state index in [0.717, 1.165) is 25.9 Å². The Kier molecular flexibility index (Phi) is 3.70. The fourth-order valence-electron chi connectivity index (χ4n) is 3.20. The molecule has 2 N–H and O–H groups in total. The highest BCUT2D eigenvalue weighted by atomic mass is 16.5. The topological polar surface area (TPSA) is 61.8 Å². The Bertz CT molecular complexity index is 291. The average molecular weight is 242 g/mol. The Labute approximate surface area is 102 Å². The van der Waals surface area contributed by atoms with Crippen LogP contribution in [-0.4, -0.2) is 62.4 Å². The van der Waals surface area contributed by atoms with Gasteiger partial charge in [0.2, 0.25) is 0 Å². The summed E-state index contributed by atoms with van der Waals surface area (Å²) >= 11 is 0. The molecule has 0 aliphatic carbocycles. The number of aliphatic carboxylic acids is 1. The third kappa shape index (κ3) is 2.19. The maximum atomic E-state index is 11.5. The molecule has 0 aromatic carbocycles. The van der Waals surface area contributed by atoms with Crippen molar-refractivity contribution in [1.82, 2.24) is 10.2 Å². The number of carboxylic acid groups (broad SMARTS) is 1. The molecule has 2 rings (SSSR count). The molecular formula is C12H22N2O3. The van der Waals surface area contributed by atoms with Gasteiger partial charge >= 0.3 is 5.97 Å². The number of nitrogens with one attached hydrogen (secondary N) is 1. The molecule has 2 aliphatic rings. The first-order chi connectivity index (χ1) is 8.10. The summed E-state index contributed by atoms with van der Waals surface area (Å²) in [6, 6.07) is 0.0106. The zero-order valence-corrected chi connectivity index (χ0v) is 10.6. The molecule has 0 spiro atoms. The molecule has 2 unspecified atom stereocenters. The SMILES string of the molecule is CNC(C1CCCN(C)C1)C1(C(=O)O)COC1. The number of ether oxygens (including phenoxy) is 1. The fraction of sp³-hybridized carbons (Fsp3) is 0.917. The molecule has 0 aromatic heterocycles. The summed E-state index contributed by atoms with van der Waals surface area (Å²) in [5.41, 5.74) is -0.711. The van der Waals surface area contributed by atoms with Crippen LogP contribution in [0.2, 0.25) is 0 Å². The van der Waals surface area contributed by atoms with Gasteiger partial charge in [0, 0.05) is 12.6 Å². The lowest BCUT2D eigenvalue weighted by molar-refractivity contribution is -0.190. The highest BCUT2D eigenvalue weighted by Gasteiger charge is 2.54. The Morgan fingerprint density at radius 2 is 2.29 bits per heavy atom. The van der Waals surface area contributed by atoms with Crippen molar-refractivity contribution in [3.8, 4) is 0 Å². The van der Waals surface area contributed by atoms with Gasteiger partial charge in [-0.05, 0) is 39.4 Å². The number of hydrogen-bond donors (Lipinski definition) is 2. The van der Waals surface area contributed by atoms with E-state index in [1.807, 2.05) is 7.05 Å². The van der Waals surface area contributed by atoms with Crippen LogP contribution in [0.25, 0.3) is 0 Å². The molecule has 2 fully saturated rings. The summed E-state index contributed by atoms with van der Waals surface area (Å²) in [6.45, 7) is 2.77. The largest absolute Gasteiger partial charge is 0.481 e. The molecule has 0 amide bonds. The van der Waals surface area contributed by atoms with E-state index >= 15 is 0 Å². The minimum absolute atomic E-state index is 0.0106. The van der Waals surface area contributed by atoms with Gasteiger partial charge in [0.1, 0.15) is 5.41 Å². The summed E-state index contributed by atoms with van der Waals surface area (Å²) in [5.74, 6) is -0.324. The van der Waals surface area contributed by atoms with Crippen molar-refractivity contribution < 1.29 is 14.6 Å². The van der Waals surface area contributed by atoms with E-state index in [1.165, 1.54) is 0 Å². The smallest absolute Gasteiger partial charge is 0.315 e. The molecule has 2 atom stereocenters. The Hall–Kier alpha value is -0.650. The zero-order valence-electron chi connectivity index (χ0n) is 10.6. The minimum atomic E-state index is -0.726. The molecule has 17 heavy (non-hydrogen) atoms. The number of nitrogens with zero attached hydrogens (tertiary/aromatic N) is 1. The molecule has 2 heterocycles. The van der Waals surface area contributed by atoms with Crippen molar-refractivity contribution in [1.29, 1.82) is 0 Å². The molecule has 0 bridgehead atoms. The second-order valence-electron chi connectivity index (χ2n) is 5.38. The first-order valence-corrected chi connectivity index (χ1v) is 6.27. The van der Waals surface area contributed by atoms with Crippen LogP contribution in [0.4, 0.5) is 0 Å². The highest BCUT2D eigenvalue weighted by Crippen LogP contribution is 2.37. The minimum Gasteiger partial charge on any atom is -0.481 e. The van der Waals surface area contributed by atoms with Gasteiger partial charge in [0.25, 0.3) is 0 Å². The molecule has 0 saturated carbocycles. The van der Waals surface area contributed by atoms with Crippen LogP contribution in [0.15, 0.2) is 0 Å². The van der Waals surface area contributed by atoms with E-state index in [-0.39, 0.29) is 6.04 Å². The maximum absolute atomic E-state index is 11.5. The number of carboxylic acids is 1. The van der Waals surface area contributed by atoms with Gasteiger partial charge in [-0.15, -0.1) is 0 Å². The Morgan fingerprint density at radius 3 is 2.71 bits per heavy atom. The van der Waals surface area contributed by atoms with E-state index in [9.17, 15) is 9.90 Å². The lowest BCUT2D eigenvalue weighted by Gasteiger charge is -2.48. The standard InChI is InChI=1S/C12H22N2O3/c1-13-10(9-4-3-5-14(2)6-9)12(11(15)16)7-17-8-12/h9-10,13H,3-8H2,1-2H3,(H,15,16). The predicted molar refractivity (Wildman–Crippen MR) is 64.0 cm³/mol. The third-order valence-corrected chi connectivity index (χ3v) is 4.18. The van der Waals surface area contributed by atoms with Crippen molar-refractivity contribution in [3.05, 3.63) is 0 Å². The van der Waals surface area contributed by atoms with Crippen LogP contribution in [0.5, 0.6) is 0 Å². The fourth-order valence-corrected chi connectivity index (χ4v) is 3.20. The molecule has 5 heteroatoms. The molecule has 5 nitrogen and oxygen atoms in total. The summed E-state index contributed by atoms with van der Waals surface area (Å²) in [5, 5.41) is 12.7. The first-order valence-electron chi connectivity index (χ1n) is 6.27. The molecule has 98 valence electrons. The first kappa shape index (κ1) is 12.8. The van der Waals surface area contributed by atoms with Crippen LogP contribution < -0.4 is 5.32 Å².